The van der Waals surface area contributed by atoms with Gasteiger partial charge in [0.1, 0.15) is 5.54 Å². The highest BCUT2D eigenvalue weighted by Crippen LogP contribution is 2.40. The third kappa shape index (κ3) is 5.84. The summed E-state index contributed by atoms with van der Waals surface area (Å²) in [7, 11) is 3.77. The molecule has 0 bridgehead atoms. The fourth-order valence-corrected chi connectivity index (χ4v) is 4.06. The number of rotatable bonds is 7. The number of nitrogens with one attached hydrogen (secondary N) is 1. The Kier molecular flexibility index (Phi) is 8.24. The lowest BCUT2D eigenvalue weighted by Gasteiger charge is -2.28. The summed E-state index contributed by atoms with van der Waals surface area (Å²) in [5, 5.41) is 11.7. The maximum atomic E-state index is 13.5. The Bertz CT molecular complexity index is 1310. The number of amides is 4. The molecule has 1 heterocycles. The van der Waals surface area contributed by atoms with E-state index in [2.05, 4.69) is 5.32 Å². The van der Waals surface area contributed by atoms with E-state index in [1.807, 2.05) is 19.0 Å². The molecule has 0 aliphatic carbocycles. The van der Waals surface area contributed by atoms with Crippen LogP contribution < -0.4 is 15.1 Å². The molecular formula is C25H25ClF3N5O4. The van der Waals surface area contributed by atoms with Crippen LogP contribution in [0, 0.1) is 11.3 Å². The van der Waals surface area contributed by atoms with Gasteiger partial charge in [-0.15, -0.1) is 0 Å². The van der Waals surface area contributed by atoms with E-state index in [9.17, 15) is 27.6 Å². The Balaban J connectivity index is 1.91. The molecule has 0 aromatic heterocycles. The van der Waals surface area contributed by atoms with Gasteiger partial charge in [0.15, 0.2) is 0 Å². The highest BCUT2D eigenvalue weighted by molar-refractivity contribution is 6.34. The summed E-state index contributed by atoms with van der Waals surface area (Å²) in [6.07, 6.45) is -5.04. The molecule has 0 saturated carbocycles. The van der Waals surface area contributed by atoms with E-state index in [0.29, 0.717) is 23.9 Å². The van der Waals surface area contributed by atoms with Crippen molar-refractivity contribution in [2.45, 2.75) is 32.0 Å². The van der Waals surface area contributed by atoms with Crippen LogP contribution in [0.4, 0.5) is 39.8 Å². The average Bonchev–Trinajstić information content (AvgIpc) is 3.00. The van der Waals surface area contributed by atoms with Crippen molar-refractivity contribution in [3.8, 4) is 6.07 Å². The molecule has 0 radical (unpaired) electrons. The lowest BCUT2D eigenvalue weighted by atomic mass is 10.0. The van der Waals surface area contributed by atoms with Gasteiger partial charge >= 0.3 is 18.3 Å². The second-order valence-corrected chi connectivity index (χ2v) is 9.65. The standard InChI is InChI=1S/C25H25ClF3N5O4/c1-24(2)21(35)33(16-7-6-15(14-30)18(12-16)25(27,28)29)23(37)34(24)17-8-9-19(26)20(13-17)31-22(36)38-11-5-10-32(3)4/h6-9,12-13H,5,10-11H2,1-4H3,(H,31,36). The summed E-state index contributed by atoms with van der Waals surface area (Å²) in [4.78, 5) is 42.6. The van der Waals surface area contributed by atoms with Crippen molar-refractivity contribution in [3.63, 3.8) is 0 Å². The molecule has 0 spiro atoms. The predicted molar refractivity (Wildman–Crippen MR) is 135 cm³/mol. The van der Waals surface area contributed by atoms with Gasteiger partial charge in [-0.3, -0.25) is 15.0 Å². The molecule has 4 amide bonds. The number of carbonyl (C=O) groups excluding carboxylic acids is 3. The number of hydrogen-bond acceptors (Lipinski definition) is 6. The largest absolute Gasteiger partial charge is 0.449 e. The zero-order valence-corrected chi connectivity index (χ0v) is 21.8. The van der Waals surface area contributed by atoms with Crippen molar-refractivity contribution in [1.82, 2.24) is 4.90 Å². The van der Waals surface area contributed by atoms with E-state index in [-0.39, 0.29) is 28.7 Å². The fourth-order valence-electron chi connectivity index (χ4n) is 3.90. The van der Waals surface area contributed by atoms with Gasteiger partial charge in [-0.1, -0.05) is 11.6 Å². The number of benzene rings is 2. The van der Waals surface area contributed by atoms with Crippen LogP contribution in [0.1, 0.15) is 31.4 Å². The number of halogens is 4. The normalized spacial score (nSPS) is 15.2. The molecular weight excluding hydrogens is 527 g/mol. The predicted octanol–water partition coefficient (Wildman–Crippen LogP) is 5.48. The molecule has 1 aliphatic rings. The maximum absolute atomic E-state index is 13.5. The Hall–Kier alpha value is -3.82. The maximum Gasteiger partial charge on any atom is 0.417 e. The SMILES string of the molecule is CN(C)CCCOC(=O)Nc1cc(N2C(=O)N(c3ccc(C#N)c(C(F)(F)F)c3)C(=O)C2(C)C)ccc1Cl. The quantitative estimate of drug-likeness (QED) is 0.361. The van der Waals surface area contributed by atoms with Gasteiger partial charge in [0, 0.05) is 12.2 Å². The van der Waals surface area contributed by atoms with E-state index in [1.165, 1.54) is 38.1 Å². The molecule has 3 rings (SSSR count). The molecule has 0 unspecified atom stereocenters. The number of carbonyl (C=O) groups is 3. The van der Waals surface area contributed by atoms with Crippen molar-refractivity contribution < 1.29 is 32.3 Å². The topological polar surface area (TPSA) is 106 Å². The van der Waals surface area contributed by atoms with Crippen molar-refractivity contribution in [3.05, 3.63) is 52.5 Å². The molecule has 0 atom stereocenters. The monoisotopic (exact) mass is 551 g/mol. The van der Waals surface area contributed by atoms with E-state index in [1.54, 1.807) is 0 Å². The first-order valence-electron chi connectivity index (χ1n) is 11.4. The van der Waals surface area contributed by atoms with Gasteiger partial charge in [0.05, 0.1) is 40.2 Å². The van der Waals surface area contributed by atoms with Crippen LogP contribution in [0.25, 0.3) is 0 Å². The summed E-state index contributed by atoms with van der Waals surface area (Å²) < 4.78 is 45.6. The fraction of sp³-hybridized carbons (Fsp3) is 0.360. The summed E-state index contributed by atoms with van der Waals surface area (Å²) in [6, 6.07) is 7.34. The Morgan fingerprint density at radius 3 is 2.42 bits per heavy atom. The van der Waals surface area contributed by atoms with Gasteiger partial charge < -0.3 is 9.64 Å². The number of nitriles is 1. The number of hydrogen-bond donors (Lipinski definition) is 1. The lowest BCUT2D eigenvalue weighted by molar-refractivity contribution is -0.137. The van der Waals surface area contributed by atoms with Gasteiger partial charge in [0.25, 0.3) is 5.91 Å². The Labute approximate surface area is 222 Å². The Morgan fingerprint density at radius 1 is 1.16 bits per heavy atom. The highest BCUT2D eigenvalue weighted by atomic mass is 35.5. The first-order chi connectivity index (χ1) is 17.7. The molecule has 1 aliphatic heterocycles. The van der Waals surface area contributed by atoms with Gasteiger partial charge in [-0.25, -0.2) is 14.5 Å². The summed E-state index contributed by atoms with van der Waals surface area (Å²) in [6.45, 7) is 3.74. The number of imide groups is 1. The van der Waals surface area contributed by atoms with Crippen LogP contribution in [-0.4, -0.2) is 55.7 Å². The van der Waals surface area contributed by atoms with E-state index < -0.39 is 40.9 Å². The summed E-state index contributed by atoms with van der Waals surface area (Å²) in [5.74, 6) is -0.787. The number of ether oxygens (including phenoxy) is 1. The number of urea groups is 1. The summed E-state index contributed by atoms with van der Waals surface area (Å²) >= 11 is 6.21. The van der Waals surface area contributed by atoms with Crippen LogP contribution >= 0.6 is 11.6 Å². The van der Waals surface area contributed by atoms with Crippen LogP contribution in [0.15, 0.2) is 36.4 Å². The molecule has 13 heteroatoms. The second kappa shape index (κ2) is 10.9. The highest BCUT2D eigenvalue weighted by Gasteiger charge is 2.53. The summed E-state index contributed by atoms with van der Waals surface area (Å²) in [5.41, 5.74) is -3.49. The average molecular weight is 552 g/mol. The zero-order valence-electron chi connectivity index (χ0n) is 21.0. The molecule has 202 valence electrons. The van der Waals surface area contributed by atoms with Gasteiger partial charge in [-0.05, 0) is 70.8 Å². The minimum atomic E-state index is -4.88. The van der Waals surface area contributed by atoms with Crippen molar-refractivity contribution in [1.29, 1.82) is 5.26 Å². The van der Waals surface area contributed by atoms with Gasteiger partial charge in [0.2, 0.25) is 0 Å². The van der Waals surface area contributed by atoms with E-state index >= 15 is 0 Å². The van der Waals surface area contributed by atoms with Gasteiger partial charge in [-0.2, -0.15) is 18.4 Å². The molecule has 1 saturated heterocycles. The second-order valence-electron chi connectivity index (χ2n) is 9.24. The van der Waals surface area contributed by atoms with Crippen molar-refractivity contribution >= 4 is 46.7 Å². The third-order valence-corrected chi connectivity index (χ3v) is 6.11. The van der Waals surface area contributed by atoms with E-state index in [0.717, 1.165) is 17.0 Å². The molecule has 38 heavy (non-hydrogen) atoms. The molecule has 9 nitrogen and oxygen atoms in total. The van der Waals surface area contributed by atoms with Crippen molar-refractivity contribution in [2.24, 2.45) is 0 Å². The lowest BCUT2D eigenvalue weighted by Crippen LogP contribution is -2.44. The first kappa shape index (κ1) is 28.7. The first-order valence-corrected chi connectivity index (χ1v) is 11.7. The van der Waals surface area contributed by atoms with E-state index in [4.69, 9.17) is 21.6 Å². The molecule has 1 N–H and O–H groups in total. The molecule has 2 aromatic rings. The van der Waals surface area contributed by atoms with Crippen LogP contribution in [-0.2, 0) is 15.7 Å². The minimum absolute atomic E-state index is 0.106. The number of nitrogens with zero attached hydrogens (tertiary/aromatic N) is 4. The molecule has 1 fully saturated rings. The zero-order chi connectivity index (χ0) is 28.4. The number of alkyl halides is 3. The van der Waals surface area contributed by atoms with Crippen LogP contribution in [0.5, 0.6) is 0 Å². The third-order valence-electron chi connectivity index (χ3n) is 5.78. The Morgan fingerprint density at radius 2 is 1.82 bits per heavy atom. The van der Waals surface area contributed by atoms with Crippen LogP contribution in [0.3, 0.4) is 0 Å². The minimum Gasteiger partial charge on any atom is -0.449 e. The molecule has 2 aromatic carbocycles. The van der Waals surface area contributed by atoms with Crippen LogP contribution in [0.2, 0.25) is 5.02 Å². The number of anilines is 3. The smallest absolute Gasteiger partial charge is 0.417 e. The van der Waals surface area contributed by atoms with Crippen molar-refractivity contribution in [2.75, 3.05) is 42.4 Å².